The summed E-state index contributed by atoms with van der Waals surface area (Å²) in [5, 5.41) is 0. The lowest BCUT2D eigenvalue weighted by Gasteiger charge is -2.13. The van der Waals surface area contributed by atoms with Crippen molar-refractivity contribution in [3.8, 4) is 0 Å². The minimum absolute atomic E-state index is 0. The molecule has 25 heavy (non-hydrogen) atoms. The van der Waals surface area contributed by atoms with Crippen LogP contribution in [0.5, 0.6) is 0 Å². The zero-order valence-electron chi connectivity index (χ0n) is 17.7. The summed E-state index contributed by atoms with van der Waals surface area (Å²) in [6.45, 7) is 20.0. The van der Waals surface area contributed by atoms with Crippen LogP contribution in [-0.4, -0.2) is 8.41 Å². The van der Waals surface area contributed by atoms with E-state index < -0.39 is 0 Å². The fourth-order valence-corrected chi connectivity index (χ4v) is 3.16. The van der Waals surface area contributed by atoms with Crippen molar-refractivity contribution in [2.75, 3.05) is 0 Å². The van der Waals surface area contributed by atoms with Gasteiger partial charge in [0.15, 0.2) is 0 Å². The van der Waals surface area contributed by atoms with Crippen molar-refractivity contribution < 1.29 is 2.85 Å². The Morgan fingerprint density at radius 2 is 1.52 bits per heavy atom. The van der Waals surface area contributed by atoms with Crippen molar-refractivity contribution in [1.29, 1.82) is 0 Å². The van der Waals surface area contributed by atoms with Crippen LogP contribution in [0.3, 0.4) is 0 Å². The third kappa shape index (κ3) is 9.92. The van der Waals surface area contributed by atoms with Crippen molar-refractivity contribution in [2.24, 2.45) is 17.8 Å². The molecule has 2 unspecified atom stereocenters. The first-order valence-corrected chi connectivity index (χ1v) is 9.67. The van der Waals surface area contributed by atoms with Crippen LogP contribution in [0, 0.1) is 17.8 Å². The lowest BCUT2D eigenvalue weighted by atomic mass is 9.91. The van der Waals surface area contributed by atoms with E-state index in [4.69, 9.17) is 0 Å². The highest BCUT2D eigenvalue weighted by Gasteiger charge is 2.21. The molecular weight excluding hydrogens is 299 g/mol. The van der Waals surface area contributed by atoms with Crippen LogP contribution in [0.25, 0.3) is 6.08 Å². The molecule has 0 heterocycles. The van der Waals surface area contributed by atoms with Gasteiger partial charge in [0.1, 0.15) is 0 Å². The van der Waals surface area contributed by atoms with Gasteiger partial charge >= 0.3 is 0 Å². The van der Waals surface area contributed by atoms with Crippen molar-refractivity contribution in [1.82, 2.24) is 0 Å². The van der Waals surface area contributed by atoms with E-state index >= 15 is 0 Å². The molecule has 1 heteroatoms. The van der Waals surface area contributed by atoms with Gasteiger partial charge in [-0.3, -0.25) is 0 Å². The van der Waals surface area contributed by atoms with Gasteiger partial charge in [0.2, 0.25) is 0 Å². The second kappa shape index (κ2) is 15.3. The van der Waals surface area contributed by atoms with E-state index in [0.717, 1.165) is 11.8 Å². The third-order valence-electron chi connectivity index (χ3n) is 4.52. The van der Waals surface area contributed by atoms with Crippen LogP contribution in [0.4, 0.5) is 0 Å². The van der Waals surface area contributed by atoms with E-state index in [-0.39, 0.29) is 18.7 Å². The Morgan fingerprint density at radius 3 is 1.88 bits per heavy atom. The molecule has 1 aliphatic rings. The molecule has 2 atom stereocenters. The van der Waals surface area contributed by atoms with Crippen molar-refractivity contribution in [2.45, 2.75) is 88.5 Å². The predicted molar refractivity (Wildman–Crippen MR) is 125 cm³/mol. The molecule has 0 spiro atoms. The maximum absolute atomic E-state index is 2.35. The molecule has 3 radical (unpaired) electrons. The maximum atomic E-state index is 2.35. The van der Waals surface area contributed by atoms with E-state index in [1.165, 1.54) is 24.0 Å². The van der Waals surface area contributed by atoms with Gasteiger partial charge in [0.25, 0.3) is 0 Å². The second-order valence-corrected chi connectivity index (χ2v) is 7.29. The van der Waals surface area contributed by atoms with Crippen molar-refractivity contribution >= 4 is 14.5 Å². The van der Waals surface area contributed by atoms with Gasteiger partial charge in [-0.05, 0) is 35.3 Å². The highest BCUT2D eigenvalue weighted by atomic mass is 14.3. The highest BCUT2D eigenvalue weighted by molar-refractivity contribution is 5.75. The number of rotatable bonds is 4. The normalized spacial score (nSPS) is 15.5. The number of allylic oxidation sites excluding steroid dienone is 1. The van der Waals surface area contributed by atoms with E-state index in [0.29, 0.717) is 11.8 Å². The Hall–Kier alpha value is -0.975. The zero-order chi connectivity index (χ0) is 18.0. The molecule has 0 nitrogen and oxygen atoms in total. The van der Waals surface area contributed by atoms with Crippen molar-refractivity contribution in [3.63, 3.8) is 0 Å². The lowest BCUT2D eigenvalue weighted by molar-refractivity contribution is 0.429. The Morgan fingerprint density at radius 1 is 1.00 bits per heavy atom. The topological polar surface area (TPSA) is 0 Å². The smallest absolute Gasteiger partial charge is 0.00316 e. The summed E-state index contributed by atoms with van der Waals surface area (Å²) in [5.41, 5.74) is 4.48. The van der Waals surface area contributed by atoms with E-state index in [1.54, 1.807) is 5.57 Å². The van der Waals surface area contributed by atoms with Crippen LogP contribution >= 0.6 is 0 Å². The van der Waals surface area contributed by atoms with Crippen LogP contribution in [0.1, 0.15) is 102 Å². The molecule has 1 aromatic rings. The van der Waals surface area contributed by atoms with Gasteiger partial charge in [0.05, 0.1) is 0 Å². The molecule has 0 aromatic heterocycles. The summed E-state index contributed by atoms with van der Waals surface area (Å²) in [7, 11) is 0. The molecule has 0 bridgehead atoms. The first-order valence-electron chi connectivity index (χ1n) is 9.67. The molecule has 0 fully saturated rings. The monoisotopic (exact) mass is 349 g/mol. The largest absolute Gasteiger partial charge is 0.0776 e. The van der Waals surface area contributed by atoms with Gasteiger partial charge in [-0.15, -0.1) is 0 Å². The summed E-state index contributed by atoms with van der Waals surface area (Å²) in [5.74, 6) is 3.10. The van der Waals surface area contributed by atoms with Crippen molar-refractivity contribution in [3.05, 3.63) is 41.0 Å². The molecule has 0 N–H and O–H groups in total. The summed E-state index contributed by atoms with van der Waals surface area (Å²) in [6, 6.07) is 8.70. The average Bonchev–Trinajstić information content (AvgIpc) is 2.87. The van der Waals surface area contributed by atoms with E-state index in [9.17, 15) is 0 Å². The SMILES string of the molecule is C.CC.CC(C)C1=Cc2ccccc2C1C.CCC(C)CC(C)C.[2HH].[2HH].[B]. The molecule has 0 amide bonds. The third-order valence-corrected chi connectivity index (χ3v) is 4.52. The molecule has 1 aliphatic carbocycles. The van der Waals surface area contributed by atoms with Gasteiger partial charge < -0.3 is 0 Å². The Kier molecular flexibility index (Phi) is 17.6. The molecule has 0 saturated carbocycles. The molecule has 2 rings (SSSR count). The number of hydrogen-bond donors (Lipinski definition) is 0. The molecule has 0 aliphatic heterocycles. The van der Waals surface area contributed by atoms with E-state index in [2.05, 4.69) is 78.8 Å². The summed E-state index contributed by atoms with van der Waals surface area (Å²) in [4.78, 5) is 0. The number of fused-ring (bicyclic) bond motifs is 1. The number of benzene rings is 1. The fraction of sp³-hybridized carbons (Fsp3) is 0.667. The number of hydrogen-bond acceptors (Lipinski definition) is 0. The summed E-state index contributed by atoms with van der Waals surface area (Å²) >= 11 is 0. The minimum atomic E-state index is 0. The van der Waals surface area contributed by atoms with Gasteiger partial charge in [-0.1, -0.05) is 112 Å². The fourth-order valence-electron chi connectivity index (χ4n) is 3.16. The quantitative estimate of drug-likeness (QED) is 0.477. The zero-order valence-corrected chi connectivity index (χ0v) is 17.7. The summed E-state index contributed by atoms with van der Waals surface area (Å²) < 4.78 is 0. The average molecular weight is 349 g/mol. The lowest BCUT2D eigenvalue weighted by Crippen LogP contribution is -1.99. The second-order valence-electron chi connectivity index (χ2n) is 7.29. The molecule has 0 saturated heterocycles. The molecule has 147 valence electrons. The Labute approximate surface area is 165 Å². The van der Waals surface area contributed by atoms with Crippen LogP contribution in [0.2, 0.25) is 0 Å². The highest BCUT2D eigenvalue weighted by Crippen LogP contribution is 2.39. The first-order chi connectivity index (χ1) is 10.9. The summed E-state index contributed by atoms with van der Waals surface area (Å²) in [6.07, 6.45) is 5.07. The molecule has 1 aromatic carbocycles. The van der Waals surface area contributed by atoms with E-state index in [1.807, 2.05) is 13.8 Å². The Balaban J connectivity index is -0.000000103. The minimum Gasteiger partial charge on any atom is -0.0776 e. The Bertz CT molecular complexity index is 467. The van der Waals surface area contributed by atoms with Crippen LogP contribution in [0.15, 0.2) is 29.8 Å². The molecular formula is C24H48B. The van der Waals surface area contributed by atoms with Gasteiger partial charge in [-0.2, -0.15) is 0 Å². The predicted octanol–water partition coefficient (Wildman–Crippen LogP) is 8.70. The van der Waals surface area contributed by atoms with Crippen LogP contribution in [-0.2, 0) is 0 Å². The standard InChI is InChI=1S/C13H16.C8H18.C2H6.CH4.B.2H2/c1-9(2)13-8-11-6-4-5-7-12(11)10(13)3;1-5-8(4)6-7(2)3;1-2;;;;/h4-10H,1-3H3;7-8H,5-6H2,1-4H3;1-2H3;1H4;;2*1H/i;;;;;2*1+1. The van der Waals surface area contributed by atoms with Gasteiger partial charge in [-0.25, -0.2) is 0 Å². The maximum Gasteiger partial charge on any atom is 0.00316 e. The van der Waals surface area contributed by atoms with Crippen LogP contribution < -0.4 is 0 Å². The van der Waals surface area contributed by atoms with Gasteiger partial charge in [0, 0.05) is 17.2 Å². The first kappa shape index (κ1) is 28.8.